The van der Waals surface area contributed by atoms with Crippen molar-refractivity contribution in [3.05, 3.63) is 0 Å². The summed E-state index contributed by atoms with van der Waals surface area (Å²) in [5, 5.41) is 0. The van der Waals surface area contributed by atoms with Crippen LogP contribution < -0.4 is 37.2 Å². The van der Waals surface area contributed by atoms with Gasteiger partial charge in [0.15, 0.2) is 0 Å². The Balaban J connectivity index is -0.000000167. The van der Waals surface area contributed by atoms with Gasteiger partial charge < -0.3 is 37.2 Å². The van der Waals surface area contributed by atoms with E-state index in [1.54, 1.807) is 20.8 Å². The van der Waals surface area contributed by atoms with Gasteiger partial charge in [0, 0.05) is 0 Å². The van der Waals surface area contributed by atoms with E-state index in [4.69, 9.17) is 8.06 Å². The zero-order valence-corrected chi connectivity index (χ0v) is 12.4. The Morgan fingerprint density at radius 1 is 1.14 bits per heavy atom. The second-order valence-electron chi connectivity index (χ2n) is 2.53. The second kappa shape index (κ2) is 20.0. The van der Waals surface area contributed by atoms with Crippen LogP contribution >= 0.6 is 0 Å². The summed E-state index contributed by atoms with van der Waals surface area (Å²) < 4.78 is 10.5. The fraction of sp³-hybridized carbons (Fsp3) is 1.00. The molecule has 14 heavy (non-hydrogen) atoms. The summed E-state index contributed by atoms with van der Waals surface area (Å²) in [6.07, 6.45) is 3.89. The van der Waals surface area contributed by atoms with E-state index < -0.39 is 0 Å². The maximum atomic E-state index is 5.46. The summed E-state index contributed by atoms with van der Waals surface area (Å²) in [6, 6.07) is 0. The molecule has 0 aromatic heterocycles. The molecule has 0 N–H and O–H groups in total. The minimum Gasteiger partial charge on any atom is -1.00 e. The molecule has 0 aliphatic carbocycles. The van der Waals surface area contributed by atoms with Gasteiger partial charge in [-0.3, -0.25) is 0 Å². The fourth-order valence-corrected chi connectivity index (χ4v) is 1.27. The van der Waals surface area contributed by atoms with Crippen molar-refractivity contribution in [2.45, 2.75) is 39.2 Å². The van der Waals surface area contributed by atoms with Gasteiger partial charge in [-0.15, -0.1) is 0 Å². The largest absolute Gasteiger partial charge is 1.00 e. The number of ether oxygens (including phenoxy) is 1. The third kappa shape index (κ3) is 16.0. The molecule has 0 bridgehead atoms. The van der Waals surface area contributed by atoms with Gasteiger partial charge in [-0.05, 0) is 0 Å². The van der Waals surface area contributed by atoms with E-state index in [2.05, 4.69) is 6.92 Å². The zero-order chi connectivity index (χ0) is 8.53. The average Bonchev–Trinajstić information content (AvgIpc) is 2.01. The maximum absolute atomic E-state index is 5.46. The van der Waals surface area contributed by atoms with Gasteiger partial charge in [0.2, 0.25) is 0 Å². The topological polar surface area (TPSA) is 18.5 Å². The molecule has 0 aliphatic heterocycles. The van der Waals surface area contributed by atoms with E-state index in [1.165, 1.54) is 12.8 Å². The molecule has 0 spiro atoms. The van der Waals surface area contributed by atoms with Crippen LogP contribution in [-0.2, 0) is 28.9 Å². The third-order valence-corrected chi connectivity index (χ3v) is 1.81. The van der Waals surface area contributed by atoms with Crippen molar-refractivity contribution >= 4 is 0 Å². The minimum absolute atomic E-state index is 0. The van der Waals surface area contributed by atoms with Crippen molar-refractivity contribution in [2.75, 3.05) is 13.2 Å². The molecule has 0 amide bonds. The minimum atomic E-state index is 0. The van der Waals surface area contributed by atoms with Crippen LogP contribution in [0.1, 0.15) is 33.1 Å². The van der Waals surface area contributed by atoms with E-state index in [0.29, 0.717) is 6.10 Å². The Hall–Kier alpha value is 1.50. The van der Waals surface area contributed by atoms with Crippen LogP contribution in [0.3, 0.4) is 0 Å². The molecule has 0 fully saturated rings. The summed E-state index contributed by atoms with van der Waals surface area (Å²) in [6.45, 7) is 5.73. The molecule has 1 unspecified atom stereocenters. The van der Waals surface area contributed by atoms with Crippen LogP contribution in [0, 0.1) is 0 Å². The normalized spacial score (nSPS) is 10.6. The quantitative estimate of drug-likeness (QED) is 0.435. The van der Waals surface area contributed by atoms with Gasteiger partial charge in [-0.2, -0.15) is 0 Å². The first kappa shape index (κ1) is 24.6. The predicted octanol–water partition coefficient (Wildman–Crippen LogP) is -6.93. The molecule has 86 valence electrons. The summed E-state index contributed by atoms with van der Waals surface area (Å²) in [4.78, 5) is 0. The van der Waals surface area contributed by atoms with Crippen molar-refractivity contribution < 1.29 is 66.1 Å². The van der Waals surface area contributed by atoms with Crippen LogP contribution in [0.4, 0.5) is 0 Å². The van der Waals surface area contributed by atoms with Gasteiger partial charge >= 0.3 is 81.3 Å². The SMILES string of the molecule is CCCCC(C[O][Ti+3])OCC.[Cl-].[Cl-].[Cl-]. The molecule has 0 heterocycles. The molecular weight excluding hydrogens is 282 g/mol. The molecule has 0 aliphatic rings. The van der Waals surface area contributed by atoms with Gasteiger partial charge in [0.1, 0.15) is 0 Å². The van der Waals surface area contributed by atoms with Crippen molar-refractivity contribution in [1.82, 2.24) is 0 Å². The molecular formula is C8H17Cl3O2Ti. The average molecular weight is 299 g/mol. The van der Waals surface area contributed by atoms with Crippen LogP contribution in [0.25, 0.3) is 0 Å². The Labute approximate surface area is 118 Å². The number of halogens is 3. The number of unbranched alkanes of at least 4 members (excludes halogenated alkanes) is 1. The van der Waals surface area contributed by atoms with Crippen LogP contribution in [-0.4, -0.2) is 19.3 Å². The molecule has 0 aromatic rings. The molecule has 1 atom stereocenters. The smallest absolute Gasteiger partial charge is 1.00 e. The molecule has 0 saturated carbocycles. The van der Waals surface area contributed by atoms with Gasteiger partial charge in [0.05, 0.1) is 0 Å². The summed E-state index contributed by atoms with van der Waals surface area (Å²) >= 11 is 1.72. The first-order chi connectivity index (χ1) is 5.35. The third-order valence-electron chi connectivity index (χ3n) is 1.55. The van der Waals surface area contributed by atoms with Crippen molar-refractivity contribution in [1.29, 1.82) is 0 Å². The van der Waals surface area contributed by atoms with Crippen LogP contribution in [0.5, 0.6) is 0 Å². The van der Waals surface area contributed by atoms with Crippen molar-refractivity contribution in [3.8, 4) is 0 Å². The van der Waals surface area contributed by atoms with Gasteiger partial charge in [-0.1, -0.05) is 0 Å². The molecule has 0 rings (SSSR count). The van der Waals surface area contributed by atoms with Gasteiger partial charge in [-0.25, -0.2) is 0 Å². The molecule has 0 aromatic carbocycles. The maximum Gasteiger partial charge on any atom is -1.00 e. The number of hydrogen-bond acceptors (Lipinski definition) is 2. The predicted molar refractivity (Wildman–Crippen MR) is 40.9 cm³/mol. The van der Waals surface area contributed by atoms with E-state index in [0.717, 1.165) is 19.6 Å². The first-order valence-corrected chi connectivity index (χ1v) is 4.89. The second-order valence-corrected chi connectivity index (χ2v) is 2.98. The van der Waals surface area contributed by atoms with Crippen LogP contribution in [0.15, 0.2) is 0 Å². The van der Waals surface area contributed by atoms with E-state index >= 15 is 0 Å². The summed E-state index contributed by atoms with van der Waals surface area (Å²) in [5.41, 5.74) is 0. The zero-order valence-electron chi connectivity index (χ0n) is 8.56. The van der Waals surface area contributed by atoms with E-state index in [1.807, 2.05) is 6.92 Å². The van der Waals surface area contributed by atoms with Gasteiger partial charge in [0.25, 0.3) is 0 Å². The number of rotatable bonds is 7. The Morgan fingerprint density at radius 3 is 2.07 bits per heavy atom. The summed E-state index contributed by atoms with van der Waals surface area (Å²) in [5.74, 6) is 0. The number of hydrogen-bond donors (Lipinski definition) is 0. The van der Waals surface area contributed by atoms with E-state index in [9.17, 15) is 0 Å². The Bertz CT molecular complexity index is 83.0. The molecule has 2 nitrogen and oxygen atoms in total. The summed E-state index contributed by atoms with van der Waals surface area (Å²) in [7, 11) is 0. The van der Waals surface area contributed by atoms with Crippen molar-refractivity contribution in [2.24, 2.45) is 0 Å². The fourth-order valence-electron chi connectivity index (χ4n) is 0.975. The Kier molecular flexibility index (Phi) is 35.2. The van der Waals surface area contributed by atoms with E-state index in [-0.39, 0.29) is 37.2 Å². The molecule has 6 heteroatoms. The standard InChI is InChI=1S/C8H17O2.3ClH.Ti/c1-3-5-6-8(7-9)10-4-2;;;;/h8H,3-7H2,1-2H3;3*1H;/q-1;;;;+4/p-3. The molecule has 0 saturated heterocycles. The monoisotopic (exact) mass is 298 g/mol. The Morgan fingerprint density at radius 2 is 1.71 bits per heavy atom. The molecule has 0 radical (unpaired) electrons. The first-order valence-electron chi connectivity index (χ1n) is 4.25. The van der Waals surface area contributed by atoms with Crippen LogP contribution in [0.2, 0.25) is 0 Å². The van der Waals surface area contributed by atoms with Crippen molar-refractivity contribution in [3.63, 3.8) is 0 Å².